The Balaban J connectivity index is 2.08. The Kier molecular flexibility index (Phi) is 4.73. The van der Waals surface area contributed by atoms with Gasteiger partial charge in [-0.25, -0.2) is 18.2 Å². The van der Waals surface area contributed by atoms with E-state index in [1.54, 1.807) is 0 Å². The maximum atomic E-state index is 14.4. The molecule has 0 saturated carbocycles. The van der Waals surface area contributed by atoms with Crippen LogP contribution in [0, 0.1) is 17.5 Å². The van der Waals surface area contributed by atoms with Gasteiger partial charge in [0.1, 0.15) is 24.2 Å². The van der Waals surface area contributed by atoms with Crippen LogP contribution in [0.5, 0.6) is 0 Å². The van der Waals surface area contributed by atoms with E-state index in [4.69, 9.17) is 0 Å². The Bertz CT molecular complexity index is 1270. The first-order chi connectivity index (χ1) is 14.0. The van der Waals surface area contributed by atoms with Crippen LogP contribution in [0.2, 0.25) is 0 Å². The molecule has 0 amide bonds. The number of fused-ring (bicyclic) bond motifs is 1. The van der Waals surface area contributed by atoms with Gasteiger partial charge in [-0.2, -0.15) is 4.98 Å². The van der Waals surface area contributed by atoms with E-state index in [2.05, 4.69) is 15.3 Å². The van der Waals surface area contributed by atoms with Gasteiger partial charge in [-0.3, -0.25) is 9.36 Å². The molecule has 0 atom stereocenters. The van der Waals surface area contributed by atoms with Crippen LogP contribution in [0.3, 0.4) is 0 Å². The fourth-order valence-electron chi connectivity index (χ4n) is 2.99. The Hall–Kier alpha value is -3.72. The summed E-state index contributed by atoms with van der Waals surface area (Å²) in [6.45, 7) is -0.509. The van der Waals surface area contributed by atoms with Gasteiger partial charge in [-0.15, -0.1) is 0 Å². The lowest BCUT2D eigenvalue weighted by Gasteiger charge is -2.14. The number of hydrogen-bond donors (Lipinski definition) is 2. The van der Waals surface area contributed by atoms with E-state index in [0.717, 1.165) is 12.1 Å². The predicted molar refractivity (Wildman–Crippen MR) is 101 cm³/mol. The minimum atomic E-state index is -0.848. The number of halogens is 3. The number of benzene rings is 2. The normalized spacial score (nSPS) is 11.0. The van der Waals surface area contributed by atoms with Crippen LogP contribution in [0.25, 0.3) is 28.0 Å². The lowest BCUT2D eigenvalue weighted by atomic mass is 10.1. The molecule has 0 saturated heterocycles. The Morgan fingerprint density at radius 3 is 2.34 bits per heavy atom. The number of aromatic nitrogens is 3. The molecule has 2 N–H and O–H groups in total. The van der Waals surface area contributed by atoms with E-state index in [0.29, 0.717) is 11.1 Å². The molecule has 2 aromatic heterocycles. The molecule has 0 aliphatic rings. The highest BCUT2D eigenvalue weighted by atomic mass is 19.1. The monoisotopic (exact) mass is 398 g/mol. The summed E-state index contributed by atoms with van der Waals surface area (Å²) in [5, 5.41) is 12.0. The van der Waals surface area contributed by atoms with E-state index >= 15 is 0 Å². The standard InChI is InChI=1S/C20H13F3N4O2/c21-11-1-4-13(5-2-11)27-17(29)8-7-15-18(14-6-3-12(22)9-16(14)23)25-20(24-10-28)26-19(15)27/h1-9,28H,10H2,(H,24,25,26). The molecule has 2 aromatic carbocycles. The van der Waals surface area contributed by atoms with Crippen molar-refractivity contribution >= 4 is 17.0 Å². The minimum Gasteiger partial charge on any atom is -0.376 e. The van der Waals surface area contributed by atoms with Crippen molar-refractivity contribution in [3.8, 4) is 16.9 Å². The molecule has 0 spiro atoms. The summed E-state index contributed by atoms with van der Waals surface area (Å²) in [6, 6.07) is 10.9. The predicted octanol–water partition coefficient (Wildman–Crippen LogP) is 3.23. The highest BCUT2D eigenvalue weighted by molar-refractivity contribution is 5.92. The molecule has 146 valence electrons. The number of hydrogen-bond acceptors (Lipinski definition) is 5. The number of nitrogens with one attached hydrogen (secondary N) is 1. The summed E-state index contributed by atoms with van der Waals surface area (Å²) < 4.78 is 42.3. The molecule has 9 heteroatoms. The lowest BCUT2D eigenvalue weighted by Crippen LogP contribution is -2.19. The molecule has 6 nitrogen and oxygen atoms in total. The maximum Gasteiger partial charge on any atom is 0.256 e. The molecular weight excluding hydrogens is 385 g/mol. The van der Waals surface area contributed by atoms with Gasteiger partial charge in [0, 0.05) is 23.1 Å². The summed E-state index contributed by atoms with van der Waals surface area (Å²) in [7, 11) is 0. The molecule has 2 heterocycles. The molecule has 0 radical (unpaired) electrons. The van der Waals surface area contributed by atoms with Crippen LogP contribution < -0.4 is 10.9 Å². The van der Waals surface area contributed by atoms with Crippen molar-refractivity contribution < 1.29 is 18.3 Å². The zero-order chi connectivity index (χ0) is 20.5. The van der Waals surface area contributed by atoms with Crippen LogP contribution in [0.15, 0.2) is 59.4 Å². The molecule has 0 unspecified atom stereocenters. The van der Waals surface area contributed by atoms with Gasteiger partial charge in [0.15, 0.2) is 5.65 Å². The number of anilines is 1. The van der Waals surface area contributed by atoms with Gasteiger partial charge in [-0.1, -0.05) is 0 Å². The molecule has 0 fully saturated rings. The second-order valence-electron chi connectivity index (χ2n) is 6.08. The second kappa shape index (κ2) is 7.36. The van der Waals surface area contributed by atoms with Crippen molar-refractivity contribution in [1.29, 1.82) is 0 Å². The first-order valence-electron chi connectivity index (χ1n) is 8.48. The second-order valence-corrected chi connectivity index (χ2v) is 6.08. The number of rotatable bonds is 4. The van der Waals surface area contributed by atoms with Crippen molar-refractivity contribution in [3.63, 3.8) is 0 Å². The van der Waals surface area contributed by atoms with Crippen LogP contribution in [0.4, 0.5) is 19.1 Å². The van der Waals surface area contributed by atoms with Crippen LogP contribution >= 0.6 is 0 Å². The molecule has 0 aliphatic heterocycles. The van der Waals surface area contributed by atoms with Gasteiger partial charge in [0.2, 0.25) is 5.95 Å². The van der Waals surface area contributed by atoms with Crippen molar-refractivity contribution in [3.05, 3.63) is 82.4 Å². The minimum absolute atomic E-state index is 0.0101. The number of pyridine rings is 1. The van der Waals surface area contributed by atoms with Crippen molar-refractivity contribution in [2.24, 2.45) is 0 Å². The van der Waals surface area contributed by atoms with Crippen molar-refractivity contribution in [1.82, 2.24) is 14.5 Å². The summed E-state index contributed by atoms with van der Waals surface area (Å²) in [5.74, 6) is -2.14. The van der Waals surface area contributed by atoms with Crippen LogP contribution in [-0.2, 0) is 0 Å². The highest BCUT2D eigenvalue weighted by Gasteiger charge is 2.17. The third-order valence-electron chi connectivity index (χ3n) is 4.26. The summed E-state index contributed by atoms with van der Waals surface area (Å²) >= 11 is 0. The van der Waals surface area contributed by atoms with E-state index < -0.39 is 29.7 Å². The number of aliphatic hydroxyl groups excluding tert-OH is 1. The van der Waals surface area contributed by atoms with Gasteiger partial charge >= 0.3 is 0 Å². The SMILES string of the molecule is O=c1ccc2c(-c3ccc(F)cc3F)nc(NCO)nc2n1-c1ccc(F)cc1. The van der Waals surface area contributed by atoms with Crippen molar-refractivity contribution in [2.75, 3.05) is 12.0 Å². The fourth-order valence-corrected chi connectivity index (χ4v) is 2.99. The summed E-state index contributed by atoms with van der Waals surface area (Å²) in [5.41, 5.74) is 0.0710. The summed E-state index contributed by atoms with van der Waals surface area (Å²) in [6.07, 6.45) is 0. The first-order valence-corrected chi connectivity index (χ1v) is 8.48. The van der Waals surface area contributed by atoms with Gasteiger partial charge in [0.05, 0.1) is 11.4 Å². The average Bonchev–Trinajstić information content (AvgIpc) is 2.69. The molecular formula is C20H13F3N4O2. The van der Waals surface area contributed by atoms with E-state index in [1.165, 1.54) is 47.0 Å². The maximum absolute atomic E-state index is 14.4. The first kappa shape index (κ1) is 18.6. The molecule has 29 heavy (non-hydrogen) atoms. The zero-order valence-corrected chi connectivity index (χ0v) is 14.7. The number of nitrogens with zero attached hydrogens (tertiary/aromatic N) is 3. The van der Waals surface area contributed by atoms with E-state index in [9.17, 15) is 23.1 Å². The lowest BCUT2D eigenvalue weighted by molar-refractivity contribution is 0.324. The Morgan fingerprint density at radius 2 is 1.66 bits per heavy atom. The van der Waals surface area contributed by atoms with E-state index in [1.807, 2.05) is 0 Å². The smallest absolute Gasteiger partial charge is 0.256 e. The summed E-state index contributed by atoms with van der Waals surface area (Å²) in [4.78, 5) is 21.0. The van der Waals surface area contributed by atoms with Gasteiger partial charge < -0.3 is 10.4 Å². The molecule has 0 bridgehead atoms. The fraction of sp³-hybridized carbons (Fsp3) is 0.0500. The largest absolute Gasteiger partial charge is 0.376 e. The molecule has 0 aliphatic carbocycles. The molecule has 4 rings (SSSR count). The third-order valence-corrected chi connectivity index (χ3v) is 4.26. The highest BCUT2D eigenvalue weighted by Crippen LogP contribution is 2.30. The van der Waals surface area contributed by atoms with Crippen molar-refractivity contribution in [2.45, 2.75) is 0 Å². The zero-order valence-electron chi connectivity index (χ0n) is 14.7. The Morgan fingerprint density at radius 1 is 0.931 bits per heavy atom. The third kappa shape index (κ3) is 3.43. The number of aliphatic hydroxyl groups is 1. The van der Waals surface area contributed by atoms with Crippen LogP contribution in [-0.4, -0.2) is 26.4 Å². The topological polar surface area (TPSA) is 80.0 Å². The Labute approximate surface area is 161 Å². The van der Waals surface area contributed by atoms with Crippen LogP contribution in [0.1, 0.15) is 0 Å². The van der Waals surface area contributed by atoms with E-state index in [-0.39, 0.29) is 22.9 Å². The molecule has 4 aromatic rings. The average molecular weight is 398 g/mol. The quantitative estimate of drug-likeness (QED) is 0.516. The van der Waals surface area contributed by atoms with Gasteiger partial charge in [0.25, 0.3) is 5.56 Å². The van der Waals surface area contributed by atoms with Gasteiger partial charge in [-0.05, 0) is 42.5 Å².